The molecule has 2 aromatic rings. The van der Waals surface area contributed by atoms with Gasteiger partial charge >= 0.3 is 0 Å². The number of rotatable bonds is 9. The summed E-state index contributed by atoms with van der Waals surface area (Å²) < 4.78 is 34.6. The molecule has 0 heterocycles. The van der Waals surface area contributed by atoms with E-state index >= 15 is 0 Å². The quantitative estimate of drug-likeness (QED) is 0.279. The highest BCUT2D eigenvalue weighted by molar-refractivity contribution is 5.85. The summed E-state index contributed by atoms with van der Waals surface area (Å²) in [4.78, 5) is 0. The fraction of sp³-hybridized carbons (Fsp3) is 0.586. The van der Waals surface area contributed by atoms with E-state index in [1.54, 1.807) is 6.07 Å². The van der Waals surface area contributed by atoms with Crippen LogP contribution in [-0.4, -0.2) is 6.61 Å². The predicted molar refractivity (Wildman–Crippen MR) is 129 cm³/mol. The minimum absolute atomic E-state index is 0.0467. The molecule has 1 nitrogen and oxygen atoms in total. The zero-order chi connectivity index (χ0) is 22.5. The Morgan fingerprint density at radius 1 is 0.969 bits per heavy atom. The lowest BCUT2D eigenvalue weighted by Crippen LogP contribution is -2.30. The lowest BCUT2D eigenvalue weighted by Gasteiger charge is -2.42. The van der Waals surface area contributed by atoms with Crippen molar-refractivity contribution < 1.29 is 13.5 Å². The second-order valence-electron chi connectivity index (χ2n) is 10.1. The molecule has 4 atom stereocenters. The van der Waals surface area contributed by atoms with Crippen molar-refractivity contribution in [1.82, 2.24) is 0 Å². The van der Waals surface area contributed by atoms with Gasteiger partial charge in [-0.3, -0.25) is 0 Å². The average Bonchev–Trinajstić information content (AvgIpc) is 2.82. The summed E-state index contributed by atoms with van der Waals surface area (Å²) in [5, 5.41) is 1.05. The monoisotopic (exact) mass is 440 g/mol. The zero-order valence-corrected chi connectivity index (χ0v) is 19.6. The van der Waals surface area contributed by atoms with Crippen molar-refractivity contribution in [3.63, 3.8) is 0 Å². The van der Waals surface area contributed by atoms with E-state index in [1.165, 1.54) is 76.7 Å². The van der Waals surface area contributed by atoms with Gasteiger partial charge in [-0.15, -0.1) is 0 Å². The molecule has 2 fully saturated rings. The molecule has 0 bridgehead atoms. The Morgan fingerprint density at radius 3 is 2.59 bits per heavy atom. The molecule has 0 amide bonds. The molecular formula is C29H38F2O. The van der Waals surface area contributed by atoms with Crippen LogP contribution >= 0.6 is 0 Å². The van der Waals surface area contributed by atoms with E-state index in [2.05, 4.69) is 19.6 Å². The van der Waals surface area contributed by atoms with Gasteiger partial charge in [-0.05, 0) is 78.9 Å². The summed E-state index contributed by atoms with van der Waals surface area (Å²) >= 11 is 0. The van der Waals surface area contributed by atoms with E-state index in [0.29, 0.717) is 16.7 Å². The lowest BCUT2D eigenvalue weighted by molar-refractivity contribution is 0.113. The summed E-state index contributed by atoms with van der Waals surface area (Å²) in [5.74, 6) is 1.30. The van der Waals surface area contributed by atoms with Gasteiger partial charge in [0.2, 0.25) is 5.82 Å². The highest BCUT2D eigenvalue weighted by Crippen LogP contribution is 2.48. The number of hydrogen-bond acceptors (Lipinski definition) is 1. The molecule has 32 heavy (non-hydrogen) atoms. The second-order valence-corrected chi connectivity index (χ2v) is 10.1. The third-order valence-corrected chi connectivity index (χ3v) is 8.03. The van der Waals surface area contributed by atoms with Gasteiger partial charge in [0.15, 0.2) is 11.6 Å². The summed E-state index contributed by atoms with van der Waals surface area (Å²) in [6.45, 7) is 6.00. The zero-order valence-electron chi connectivity index (χ0n) is 19.6. The summed E-state index contributed by atoms with van der Waals surface area (Å²) in [7, 11) is 0. The number of unbranched alkanes of at least 4 members (excludes halogenated alkanes) is 3. The van der Waals surface area contributed by atoms with Crippen LogP contribution in [-0.2, 0) is 0 Å². The Morgan fingerprint density at radius 2 is 1.78 bits per heavy atom. The van der Waals surface area contributed by atoms with Crippen LogP contribution < -0.4 is 4.74 Å². The van der Waals surface area contributed by atoms with E-state index in [-0.39, 0.29) is 12.4 Å². The third kappa shape index (κ3) is 5.18. The molecule has 0 radical (unpaired) electrons. The summed E-state index contributed by atoms with van der Waals surface area (Å²) in [6.07, 6.45) is 16.2. The molecule has 0 aliphatic heterocycles. The highest BCUT2D eigenvalue weighted by atomic mass is 19.2. The van der Waals surface area contributed by atoms with Crippen LogP contribution in [0.4, 0.5) is 8.78 Å². The normalized spacial score (nSPS) is 25.5. The predicted octanol–water partition coefficient (Wildman–Crippen LogP) is 8.95. The van der Waals surface area contributed by atoms with Crippen molar-refractivity contribution in [2.75, 3.05) is 6.61 Å². The standard InChI is InChI=1S/C29H38F2O/c1-3-5-6-7-8-20-9-10-22-17-23(12-11-21(22)16-20)24-13-14-25-19-27(32-15-4-2)29(31)28(30)26(25)18-24/h4,13-14,18-23H,2-3,5-12,15-17H2,1H3. The Hall–Kier alpha value is -1.90. The maximum Gasteiger partial charge on any atom is 0.201 e. The minimum Gasteiger partial charge on any atom is -0.486 e. The van der Waals surface area contributed by atoms with Crippen molar-refractivity contribution in [2.45, 2.75) is 83.5 Å². The Labute approximate surface area is 192 Å². The van der Waals surface area contributed by atoms with Crippen molar-refractivity contribution >= 4 is 10.8 Å². The van der Waals surface area contributed by atoms with E-state index < -0.39 is 11.6 Å². The van der Waals surface area contributed by atoms with Crippen LogP contribution in [0.25, 0.3) is 10.8 Å². The minimum atomic E-state index is -0.905. The first-order valence-electron chi connectivity index (χ1n) is 12.8. The van der Waals surface area contributed by atoms with Gasteiger partial charge in [0.25, 0.3) is 0 Å². The number of hydrogen-bond donors (Lipinski definition) is 0. The van der Waals surface area contributed by atoms with E-state index in [4.69, 9.17) is 4.74 Å². The summed E-state index contributed by atoms with van der Waals surface area (Å²) in [6, 6.07) is 7.52. The fourth-order valence-corrected chi connectivity index (χ4v) is 6.24. The molecule has 4 unspecified atom stereocenters. The van der Waals surface area contributed by atoms with Gasteiger partial charge in [-0.25, -0.2) is 4.39 Å². The first-order chi connectivity index (χ1) is 15.6. The molecule has 4 rings (SSSR count). The smallest absolute Gasteiger partial charge is 0.201 e. The van der Waals surface area contributed by atoms with Crippen LogP contribution in [0.15, 0.2) is 36.9 Å². The SMILES string of the molecule is C=CCOc1cc2ccc(C3CCC4CC(CCCCCC)CCC4C3)cc2c(F)c1F. The van der Waals surface area contributed by atoms with E-state index in [9.17, 15) is 8.78 Å². The van der Waals surface area contributed by atoms with Crippen molar-refractivity contribution in [3.05, 3.63) is 54.1 Å². The van der Waals surface area contributed by atoms with Crippen LogP contribution in [0.5, 0.6) is 5.75 Å². The molecule has 3 heteroatoms. The van der Waals surface area contributed by atoms with Gasteiger partial charge in [0, 0.05) is 5.39 Å². The van der Waals surface area contributed by atoms with Gasteiger partial charge in [0.1, 0.15) is 6.61 Å². The number of ether oxygens (including phenoxy) is 1. The van der Waals surface area contributed by atoms with Gasteiger partial charge < -0.3 is 4.74 Å². The number of benzene rings is 2. The van der Waals surface area contributed by atoms with Gasteiger partial charge in [0.05, 0.1) is 0 Å². The highest BCUT2D eigenvalue weighted by Gasteiger charge is 2.35. The van der Waals surface area contributed by atoms with Crippen molar-refractivity contribution in [2.24, 2.45) is 17.8 Å². The molecule has 2 aromatic carbocycles. The number of fused-ring (bicyclic) bond motifs is 2. The van der Waals surface area contributed by atoms with Gasteiger partial charge in [-0.1, -0.05) is 70.2 Å². The summed E-state index contributed by atoms with van der Waals surface area (Å²) in [5.41, 5.74) is 1.16. The molecule has 2 saturated carbocycles. The molecule has 0 spiro atoms. The maximum absolute atomic E-state index is 14.8. The fourth-order valence-electron chi connectivity index (χ4n) is 6.24. The van der Waals surface area contributed by atoms with E-state index in [1.807, 2.05) is 12.1 Å². The Balaban J connectivity index is 1.41. The molecular weight excluding hydrogens is 402 g/mol. The van der Waals surface area contributed by atoms with Crippen molar-refractivity contribution in [3.8, 4) is 5.75 Å². The largest absolute Gasteiger partial charge is 0.486 e. The van der Waals surface area contributed by atoms with Crippen LogP contribution in [0.2, 0.25) is 0 Å². The Kier molecular flexibility index (Phi) is 7.86. The van der Waals surface area contributed by atoms with Crippen LogP contribution in [0.1, 0.15) is 89.0 Å². The van der Waals surface area contributed by atoms with E-state index in [0.717, 1.165) is 23.3 Å². The molecule has 0 aromatic heterocycles. The molecule has 0 saturated heterocycles. The molecule has 2 aliphatic carbocycles. The first-order valence-corrected chi connectivity index (χ1v) is 12.8. The molecule has 0 N–H and O–H groups in total. The number of halogens is 2. The second kappa shape index (κ2) is 10.8. The van der Waals surface area contributed by atoms with Crippen LogP contribution in [0.3, 0.4) is 0 Å². The topological polar surface area (TPSA) is 9.23 Å². The van der Waals surface area contributed by atoms with Crippen molar-refractivity contribution in [1.29, 1.82) is 0 Å². The lowest BCUT2D eigenvalue weighted by atomic mass is 9.63. The molecule has 174 valence electrons. The first kappa shape index (κ1) is 23.3. The van der Waals surface area contributed by atoms with Crippen LogP contribution in [0, 0.1) is 29.4 Å². The molecule has 2 aliphatic rings. The maximum atomic E-state index is 14.8. The Bertz CT molecular complexity index is 921. The third-order valence-electron chi connectivity index (χ3n) is 8.03. The van der Waals surface area contributed by atoms with Gasteiger partial charge in [-0.2, -0.15) is 4.39 Å². The average molecular weight is 441 g/mol.